The van der Waals surface area contributed by atoms with Crippen LogP contribution in [0.1, 0.15) is 23.2 Å². The van der Waals surface area contributed by atoms with Crippen LogP contribution in [0.4, 0.5) is 5.82 Å². The third-order valence-corrected chi connectivity index (χ3v) is 2.59. The number of pyridine rings is 1. The van der Waals surface area contributed by atoms with Gasteiger partial charge in [0.15, 0.2) is 0 Å². The Morgan fingerprint density at radius 1 is 1.59 bits per heavy atom. The van der Waals surface area contributed by atoms with Crippen LogP contribution in [0.15, 0.2) is 16.7 Å². The van der Waals surface area contributed by atoms with Crippen molar-refractivity contribution in [3.05, 3.63) is 22.3 Å². The van der Waals surface area contributed by atoms with Crippen LogP contribution in [0.2, 0.25) is 0 Å². The lowest BCUT2D eigenvalue weighted by Crippen LogP contribution is -2.10. The first-order valence-electron chi connectivity index (χ1n) is 5.27. The van der Waals surface area contributed by atoms with E-state index in [9.17, 15) is 4.79 Å². The Kier molecular flexibility index (Phi) is 5.93. The number of unbranched alkanes of at least 4 members (excludes halogenated alkanes) is 1. The van der Waals surface area contributed by atoms with Crippen molar-refractivity contribution in [1.82, 2.24) is 4.98 Å². The zero-order chi connectivity index (χ0) is 12.7. The summed E-state index contributed by atoms with van der Waals surface area (Å²) in [4.78, 5) is 15.0. The van der Waals surface area contributed by atoms with Crippen LogP contribution in [0.5, 0.6) is 0 Å². The van der Waals surface area contributed by atoms with E-state index >= 15 is 0 Å². The van der Waals surface area contributed by atoms with Gasteiger partial charge >= 0.3 is 5.97 Å². The number of ether oxygens (including phenoxy) is 1. The van der Waals surface area contributed by atoms with Crippen molar-refractivity contribution in [2.45, 2.75) is 12.8 Å². The maximum atomic E-state index is 11.0. The molecule has 0 saturated heterocycles. The van der Waals surface area contributed by atoms with E-state index < -0.39 is 5.97 Å². The first-order valence-corrected chi connectivity index (χ1v) is 6.06. The van der Waals surface area contributed by atoms with Crippen molar-refractivity contribution in [3.8, 4) is 0 Å². The summed E-state index contributed by atoms with van der Waals surface area (Å²) in [5.74, 6) is -0.587. The lowest BCUT2D eigenvalue weighted by Gasteiger charge is -2.08. The Balaban J connectivity index is 2.55. The normalized spacial score (nSPS) is 10.2. The van der Waals surface area contributed by atoms with E-state index in [1.54, 1.807) is 13.3 Å². The third kappa shape index (κ3) is 4.70. The van der Waals surface area contributed by atoms with Gasteiger partial charge in [0.25, 0.3) is 0 Å². The Morgan fingerprint density at radius 2 is 2.35 bits per heavy atom. The number of rotatable bonds is 7. The van der Waals surface area contributed by atoms with Crippen LogP contribution < -0.4 is 5.32 Å². The molecule has 6 heteroatoms. The van der Waals surface area contributed by atoms with Crippen molar-refractivity contribution in [3.63, 3.8) is 0 Å². The molecule has 0 fully saturated rings. The summed E-state index contributed by atoms with van der Waals surface area (Å²) in [6, 6.07) is 1.53. The van der Waals surface area contributed by atoms with Gasteiger partial charge in [0.1, 0.15) is 11.4 Å². The fourth-order valence-electron chi connectivity index (χ4n) is 1.32. The average Bonchev–Trinajstić information content (AvgIpc) is 2.30. The molecule has 0 aromatic carbocycles. The molecule has 1 heterocycles. The van der Waals surface area contributed by atoms with Crippen LogP contribution in [0.3, 0.4) is 0 Å². The molecule has 0 atom stereocenters. The summed E-state index contributed by atoms with van der Waals surface area (Å²) < 4.78 is 5.58. The van der Waals surface area contributed by atoms with Gasteiger partial charge in [-0.25, -0.2) is 9.78 Å². The van der Waals surface area contributed by atoms with Crippen LogP contribution in [-0.2, 0) is 4.74 Å². The summed E-state index contributed by atoms with van der Waals surface area (Å²) in [6.07, 6.45) is 3.41. The maximum Gasteiger partial charge on any atom is 0.339 e. The molecule has 0 aliphatic rings. The molecule has 0 aliphatic carbocycles. The van der Waals surface area contributed by atoms with E-state index in [4.69, 9.17) is 9.84 Å². The highest BCUT2D eigenvalue weighted by molar-refractivity contribution is 9.10. The fraction of sp³-hybridized carbons (Fsp3) is 0.455. The molecule has 0 radical (unpaired) electrons. The van der Waals surface area contributed by atoms with Gasteiger partial charge in [-0.05, 0) is 34.8 Å². The number of hydrogen-bond acceptors (Lipinski definition) is 4. The molecule has 2 N–H and O–H groups in total. The topological polar surface area (TPSA) is 71.5 Å². The number of carboxylic acids is 1. The maximum absolute atomic E-state index is 11.0. The van der Waals surface area contributed by atoms with Crippen molar-refractivity contribution in [1.29, 1.82) is 0 Å². The Labute approximate surface area is 108 Å². The van der Waals surface area contributed by atoms with Crippen LogP contribution >= 0.6 is 15.9 Å². The zero-order valence-electron chi connectivity index (χ0n) is 9.57. The van der Waals surface area contributed by atoms with Gasteiger partial charge in [-0.15, -0.1) is 0 Å². The van der Waals surface area contributed by atoms with Crippen molar-refractivity contribution in [2.24, 2.45) is 0 Å². The number of carboxylic acid groups (broad SMARTS) is 1. The first kappa shape index (κ1) is 13.9. The Hall–Kier alpha value is -1.14. The highest BCUT2D eigenvalue weighted by Crippen LogP contribution is 2.17. The second-order valence-corrected chi connectivity index (χ2v) is 4.40. The highest BCUT2D eigenvalue weighted by Gasteiger charge is 2.11. The third-order valence-electron chi connectivity index (χ3n) is 2.15. The molecule has 1 rings (SSSR count). The second-order valence-electron chi connectivity index (χ2n) is 3.48. The van der Waals surface area contributed by atoms with E-state index in [1.165, 1.54) is 6.07 Å². The van der Waals surface area contributed by atoms with E-state index in [1.807, 2.05) is 0 Å². The van der Waals surface area contributed by atoms with E-state index in [0.29, 0.717) is 23.4 Å². The minimum Gasteiger partial charge on any atom is -0.478 e. The van der Waals surface area contributed by atoms with Crippen LogP contribution in [0.25, 0.3) is 0 Å². The Bertz CT molecular complexity index is 385. The number of nitrogens with one attached hydrogen (secondary N) is 1. The van der Waals surface area contributed by atoms with Crippen molar-refractivity contribution < 1.29 is 14.6 Å². The molecule has 0 amide bonds. The van der Waals surface area contributed by atoms with E-state index in [-0.39, 0.29) is 5.56 Å². The molecule has 0 aliphatic heterocycles. The first-order chi connectivity index (χ1) is 8.15. The highest BCUT2D eigenvalue weighted by atomic mass is 79.9. The van der Waals surface area contributed by atoms with Gasteiger partial charge in [0.05, 0.1) is 0 Å². The van der Waals surface area contributed by atoms with Gasteiger partial charge in [-0.3, -0.25) is 0 Å². The lowest BCUT2D eigenvalue weighted by molar-refractivity contribution is 0.0697. The van der Waals surface area contributed by atoms with Gasteiger partial charge in [-0.1, -0.05) is 0 Å². The number of aromatic carboxylic acids is 1. The van der Waals surface area contributed by atoms with Gasteiger partial charge in [-0.2, -0.15) is 0 Å². The lowest BCUT2D eigenvalue weighted by atomic mass is 10.2. The summed E-state index contributed by atoms with van der Waals surface area (Å²) >= 11 is 3.20. The quantitative estimate of drug-likeness (QED) is 0.757. The molecule has 0 saturated carbocycles. The molecule has 1 aromatic rings. The second kappa shape index (κ2) is 7.24. The largest absolute Gasteiger partial charge is 0.478 e. The number of nitrogens with zero attached hydrogens (tertiary/aromatic N) is 1. The van der Waals surface area contributed by atoms with Gasteiger partial charge in [0.2, 0.25) is 0 Å². The monoisotopic (exact) mass is 302 g/mol. The van der Waals surface area contributed by atoms with E-state index in [0.717, 1.165) is 12.8 Å². The molecule has 17 heavy (non-hydrogen) atoms. The molecular formula is C11H15BrN2O3. The molecule has 94 valence electrons. The number of methoxy groups -OCH3 is 1. The average molecular weight is 303 g/mol. The molecule has 5 nitrogen and oxygen atoms in total. The molecule has 1 aromatic heterocycles. The molecule has 0 bridgehead atoms. The predicted octanol–water partition coefficient (Wildman–Crippen LogP) is 2.38. The zero-order valence-corrected chi connectivity index (χ0v) is 11.2. The van der Waals surface area contributed by atoms with Crippen molar-refractivity contribution in [2.75, 3.05) is 25.6 Å². The Morgan fingerprint density at radius 3 is 3.00 bits per heavy atom. The summed E-state index contributed by atoms with van der Waals surface area (Å²) in [7, 11) is 1.66. The molecule has 0 unspecified atom stereocenters. The van der Waals surface area contributed by atoms with Crippen LogP contribution in [-0.4, -0.2) is 36.3 Å². The standard InChI is InChI=1S/C11H15BrN2O3/c1-17-5-3-2-4-13-10-9(11(15)16)6-8(12)7-14-10/h6-7H,2-5H2,1H3,(H,13,14)(H,15,16). The number of halogens is 1. The minimum atomic E-state index is -0.988. The number of carbonyl (C=O) groups is 1. The van der Waals surface area contributed by atoms with Crippen molar-refractivity contribution >= 4 is 27.7 Å². The summed E-state index contributed by atoms with van der Waals surface area (Å²) in [6.45, 7) is 1.39. The smallest absolute Gasteiger partial charge is 0.339 e. The molecular weight excluding hydrogens is 288 g/mol. The summed E-state index contributed by atoms with van der Waals surface area (Å²) in [5, 5.41) is 12.0. The number of hydrogen-bond donors (Lipinski definition) is 2. The van der Waals surface area contributed by atoms with E-state index in [2.05, 4.69) is 26.2 Å². The molecule has 0 spiro atoms. The predicted molar refractivity (Wildman–Crippen MR) is 68.5 cm³/mol. The summed E-state index contributed by atoms with van der Waals surface area (Å²) in [5.41, 5.74) is 0.172. The van der Waals surface area contributed by atoms with Gasteiger partial charge < -0.3 is 15.2 Å². The van der Waals surface area contributed by atoms with Gasteiger partial charge in [0, 0.05) is 30.9 Å². The number of anilines is 1. The fourth-order valence-corrected chi connectivity index (χ4v) is 1.65. The van der Waals surface area contributed by atoms with Crippen LogP contribution in [0, 0.1) is 0 Å². The number of aromatic nitrogens is 1. The SMILES string of the molecule is COCCCCNc1ncc(Br)cc1C(=O)O. The minimum absolute atomic E-state index is 0.172.